The molecule has 2 aromatic heterocycles. The van der Waals surface area contributed by atoms with Crippen LogP contribution in [0.3, 0.4) is 0 Å². The number of rotatable bonds is 4. The Morgan fingerprint density at radius 2 is 1.97 bits per heavy atom. The molecule has 7 heteroatoms. The van der Waals surface area contributed by atoms with Gasteiger partial charge in [0.25, 0.3) is 5.91 Å². The first-order valence-electron chi connectivity index (χ1n) is 9.81. The molecule has 1 aromatic carbocycles. The van der Waals surface area contributed by atoms with Gasteiger partial charge in [-0.3, -0.25) is 4.79 Å². The van der Waals surface area contributed by atoms with Gasteiger partial charge in [0.2, 0.25) is 5.95 Å². The molecule has 0 saturated carbocycles. The van der Waals surface area contributed by atoms with Gasteiger partial charge >= 0.3 is 0 Å². The van der Waals surface area contributed by atoms with Crippen LogP contribution in [0, 0.1) is 13.8 Å². The monoisotopic (exact) mass is 391 g/mol. The molecule has 1 amide bonds. The molecule has 1 aliphatic rings. The Morgan fingerprint density at radius 3 is 2.62 bits per heavy atom. The number of hydrogen-bond donors (Lipinski definition) is 0. The van der Waals surface area contributed by atoms with Crippen molar-refractivity contribution in [2.75, 3.05) is 25.5 Å². The molecule has 0 unspecified atom stereocenters. The summed E-state index contributed by atoms with van der Waals surface area (Å²) >= 11 is 0. The van der Waals surface area contributed by atoms with Gasteiger partial charge < -0.3 is 14.3 Å². The van der Waals surface area contributed by atoms with Crippen molar-refractivity contribution in [2.45, 2.75) is 32.7 Å². The second-order valence-electron chi connectivity index (χ2n) is 7.61. The maximum absolute atomic E-state index is 13.2. The minimum atomic E-state index is -0.135. The molecule has 1 saturated heterocycles. The highest BCUT2D eigenvalue weighted by atomic mass is 16.5. The number of anilines is 1. The van der Waals surface area contributed by atoms with Crippen molar-refractivity contribution in [1.29, 1.82) is 0 Å². The standard InChI is InChI=1S/C22H25N5O2/c1-14-15(2)25-29-20(14)17-13-23-22(26(3)4)24-19(17)18-11-8-12-27(18)21(28)16-9-6-5-7-10-16/h5-7,9-10,13,18H,8,11-12H2,1-4H3/t18-/m0/s1. The van der Waals surface area contributed by atoms with Crippen molar-refractivity contribution in [3.63, 3.8) is 0 Å². The molecular formula is C22H25N5O2. The Morgan fingerprint density at radius 1 is 1.21 bits per heavy atom. The fourth-order valence-electron chi connectivity index (χ4n) is 3.74. The first-order valence-corrected chi connectivity index (χ1v) is 9.81. The van der Waals surface area contributed by atoms with Crippen LogP contribution in [-0.4, -0.2) is 46.6 Å². The lowest BCUT2D eigenvalue weighted by Gasteiger charge is -2.26. The molecule has 0 bridgehead atoms. The van der Waals surface area contributed by atoms with Crippen LogP contribution in [0.4, 0.5) is 5.95 Å². The Kier molecular flexibility index (Phi) is 5.05. The van der Waals surface area contributed by atoms with E-state index >= 15 is 0 Å². The van der Waals surface area contributed by atoms with Crippen LogP contribution in [0.1, 0.15) is 46.2 Å². The zero-order valence-corrected chi connectivity index (χ0v) is 17.2. The topological polar surface area (TPSA) is 75.4 Å². The molecule has 1 atom stereocenters. The predicted molar refractivity (Wildman–Crippen MR) is 111 cm³/mol. The van der Waals surface area contributed by atoms with Gasteiger partial charge in [-0.25, -0.2) is 9.97 Å². The minimum absolute atomic E-state index is 0.0227. The molecule has 0 spiro atoms. The van der Waals surface area contributed by atoms with Crippen LogP contribution >= 0.6 is 0 Å². The van der Waals surface area contributed by atoms with Gasteiger partial charge in [-0.2, -0.15) is 0 Å². The van der Waals surface area contributed by atoms with Gasteiger partial charge in [0.1, 0.15) is 0 Å². The molecule has 150 valence electrons. The van der Waals surface area contributed by atoms with E-state index in [1.165, 1.54) is 0 Å². The maximum atomic E-state index is 13.2. The molecular weight excluding hydrogens is 366 g/mol. The summed E-state index contributed by atoms with van der Waals surface area (Å²) in [6.45, 7) is 4.59. The molecule has 0 radical (unpaired) electrons. The van der Waals surface area contributed by atoms with Gasteiger partial charge in [0.05, 0.1) is 23.0 Å². The lowest BCUT2D eigenvalue weighted by atomic mass is 10.0. The van der Waals surface area contributed by atoms with Crippen LogP contribution in [-0.2, 0) is 0 Å². The van der Waals surface area contributed by atoms with Gasteiger partial charge in [-0.05, 0) is 38.8 Å². The minimum Gasteiger partial charge on any atom is -0.356 e. The van der Waals surface area contributed by atoms with E-state index in [1.54, 1.807) is 6.20 Å². The van der Waals surface area contributed by atoms with Crippen LogP contribution in [0.15, 0.2) is 41.1 Å². The van der Waals surface area contributed by atoms with E-state index in [-0.39, 0.29) is 11.9 Å². The lowest BCUT2D eigenvalue weighted by Crippen LogP contribution is -2.31. The number of amides is 1. The Bertz CT molecular complexity index is 1030. The molecule has 3 heterocycles. The van der Waals surface area contributed by atoms with E-state index < -0.39 is 0 Å². The van der Waals surface area contributed by atoms with Gasteiger partial charge in [-0.15, -0.1) is 0 Å². The zero-order chi connectivity index (χ0) is 20.5. The summed E-state index contributed by atoms with van der Waals surface area (Å²) in [5.74, 6) is 1.30. The average Bonchev–Trinajstić information content (AvgIpc) is 3.35. The number of carbonyl (C=O) groups excluding carboxylic acids is 1. The van der Waals surface area contributed by atoms with Crippen LogP contribution in [0.25, 0.3) is 11.3 Å². The van der Waals surface area contributed by atoms with Crippen molar-refractivity contribution in [3.05, 3.63) is 59.0 Å². The van der Waals surface area contributed by atoms with E-state index in [1.807, 2.05) is 68.1 Å². The second-order valence-corrected chi connectivity index (χ2v) is 7.61. The number of hydrogen-bond acceptors (Lipinski definition) is 6. The van der Waals surface area contributed by atoms with Crippen molar-refractivity contribution < 1.29 is 9.32 Å². The number of likely N-dealkylation sites (tertiary alicyclic amines) is 1. The maximum Gasteiger partial charge on any atom is 0.254 e. The zero-order valence-electron chi connectivity index (χ0n) is 17.2. The highest BCUT2D eigenvalue weighted by Crippen LogP contribution is 2.39. The Labute approximate surface area is 170 Å². The average molecular weight is 391 g/mol. The Hall–Kier alpha value is -3.22. The number of aryl methyl sites for hydroxylation is 1. The smallest absolute Gasteiger partial charge is 0.254 e. The van der Waals surface area contributed by atoms with Crippen molar-refractivity contribution in [1.82, 2.24) is 20.0 Å². The predicted octanol–water partition coefficient (Wildman–Crippen LogP) is 3.79. The lowest BCUT2D eigenvalue weighted by molar-refractivity contribution is 0.0733. The molecule has 3 aromatic rings. The third-order valence-corrected chi connectivity index (χ3v) is 5.46. The molecule has 0 N–H and O–H groups in total. The quantitative estimate of drug-likeness (QED) is 0.674. The van der Waals surface area contributed by atoms with Crippen LogP contribution < -0.4 is 4.90 Å². The van der Waals surface area contributed by atoms with E-state index in [2.05, 4.69) is 10.1 Å². The van der Waals surface area contributed by atoms with Crippen LogP contribution in [0.2, 0.25) is 0 Å². The summed E-state index contributed by atoms with van der Waals surface area (Å²) in [4.78, 5) is 26.3. The number of aromatic nitrogens is 3. The van der Waals surface area contributed by atoms with Crippen molar-refractivity contribution >= 4 is 11.9 Å². The van der Waals surface area contributed by atoms with Gasteiger partial charge in [-0.1, -0.05) is 23.4 Å². The summed E-state index contributed by atoms with van der Waals surface area (Å²) in [7, 11) is 3.81. The first-order chi connectivity index (χ1) is 14.0. The summed E-state index contributed by atoms with van der Waals surface area (Å²) in [5, 5.41) is 4.10. The fraction of sp³-hybridized carbons (Fsp3) is 0.364. The van der Waals surface area contributed by atoms with Gasteiger partial charge in [0, 0.05) is 38.0 Å². The van der Waals surface area contributed by atoms with E-state index in [9.17, 15) is 4.79 Å². The molecule has 7 nitrogen and oxygen atoms in total. The third-order valence-electron chi connectivity index (χ3n) is 5.46. The molecule has 1 fully saturated rings. The second kappa shape index (κ2) is 7.66. The largest absolute Gasteiger partial charge is 0.356 e. The van der Waals surface area contributed by atoms with Crippen LogP contribution in [0.5, 0.6) is 0 Å². The number of benzene rings is 1. The highest BCUT2D eigenvalue weighted by Gasteiger charge is 2.34. The molecule has 1 aliphatic heterocycles. The van der Waals surface area contributed by atoms with E-state index in [0.717, 1.165) is 35.4 Å². The molecule has 4 rings (SSSR count). The molecule has 29 heavy (non-hydrogen) atoms. The first kappa shape index (κ1) is 19.1. The Balaban J connectivity index is 1.80. The fourth-order valence-corrected chi connectivity index (χ4v) is 3.74. The highest BCUT2D eigenvalue weighted by molar-refractivity contribution is 5.94. The summed E-state index contributed by atoms with van der Waals surface area (Å²) in [5.41, 5.74) is 4.10. The number of carbonyl (C=O) groups is 1. The molecule has 0 aliphatic carbocycles. The summed E-state index contributed by atoms with van der Waals surface area (Å²) in [6, 6.07) is 9.27. The number of nitrogens with zero attached hydrogens (tertiary/aromatic N) is 5. The van der Waals surface area contributed by atoms with Crippen molar-refractivity contribution in [3.8, 4) is 11.3 Å². The third kappa shape index (κ3) is 3.48. The summed E-state index contributed by atoms with van der Waals surface area (Å²) < 4.78 is 5.62. The summed E-state index contributed by atoms with van der Waals surface area (Å²) in [6.07, 6.45) is 3.56. The normalized spacial score (nSPS) is 16.3. The SMILES string of the molecule is Cc1noc(-c2cnc(N(C)C)nc2[C@@H]2CCCN2C(=O)c2ccccc2)c1C. The van der Waals surface area contributed by atoms with E-state index in [0.29, 0.717) is 23.8 Å². The van der Waals surface area contributed by atoms with E-state index in [4.69, 9.17) is 9.51 Å². The van der Waals surface area contributed by atoms with Crippen molar-refractivity contribution in [2.24, 2.45) is 0 Å². The van der Waals surface area contributed by atoms with Gasteiger partial charge in [0.15, 0.2) is 5.76 Å².